The van der Waals surface area contributed by atoms with Gasteiger partial charge in [0.15, 0.2) is 0 Å². The van der Waals surface area contributed by atoms with Gasteiger partial charge in [-0.3, -0.25) is 0 Å². The number of benzene rings is 1. The number of hydrogen-bond donors (Lipinski definition) is 2. The van der Waals surface area contributed by atoms with Crippen LogP contribution >= 0.6 is 0 Å². The average Bonchev–Trinajstić information content (AvgIpc) is 2.50. The van der Waals surface area contributed by atoms with E-state index in [9.17, 15) is 5.11 Å². The molecule has 4 nitrogen and oxygen atoms in total. The van der Waals surface area contributed by atoms with Gasteiger partial charge in [0, 0.05) is 26.8 Å². The monoisotopic (exact) mass is 278 g/mol. The van der Waals surface area contributed by atoms with Crippen molar-refractivity contribution in [2.24, 2.45) is 11.7 Å². The highest BCUT2D eigenvalue weighted by Gasteiger charge is 2.31. The van der Waals surface area contributed by atoms with E-state index >= 15 is 0 Å². The van der Waals surface area contributed by atoms with Gasteiger partial charge in [-0.05, 0) is 37.4 Å². The first-order valence-corrected chi connectivity index (χ1v) is 7.37. The molecule has 4 heteroatoms. The van der Waals surface area contributed by atoms with E-state index in [0.29, 0.717) is 12.5 Å². The Labute approximate surface area is 121 Å². The van der Waals surface area contributed by atoms with Gasteiger partial charge in [-0.25, -0.2) is 0 Å². The molecular formula is C16H26N2O2. The molecule has 20 heavy (non-hydrogen) atoms. The van der Waals surface area contributed by atoms with Crippen molar-refractivity contribution in [2.45, 2.75) is 18.4 Å². The Bertz CT molecular complexity index is 391. The molecule has 1 saturated heterocycles. The third-order valence-corrected chi connectivity index (χ3v) is 4.24. The van der Waals surface area contributed by atoms with Crippen LogP contribution in [0.1, 0.15) is 18.4 Å². The van der Waals surface area contributed by atoms with Crippen LogP contribution in [0.2, 0.25) is 0 Å². The van der Waals surface area contributed by atoms with Crippen LogP contribution in [0.25, 0.3) is 0 Å². The van der Waals surface area contributed by atoms with Gasteiger partial charge in [0.25, 0.3) is 0 Å². The highest BCUT2D eigenvalue weighted by molar-refractivity contribution is 5.23. The van der Waals surface area contributed by atoms with Crippen LogP contribution in [-0.4, -0.2) is 49.9 Å². The molecule has 1 atom stereocenters. The fourth-order valence-electron chi connectivity index (χ4n) is 2.94. The van der Waals surface area contributed by atoms with Gasteiger partial charge in [-0.1, -0.05) is 30.3 Å². The van der Waals surface area contributed by atoms with Gasteiger partial charge < -0.3 is 20.5 Å². The van der Waals surface area contributed by atoms with E-state index in [4.69, 9.17) is 10.5 Å². The Balaban J connectivity index is 1.94. The van der Waals surface area contributed by atoms with E-state index in [2.05, 4.69) is 4.90 Å². The summed E-state index contributed by atoms with van der Waals surface area (Å²) in [6.07, 6.45) is 2.26. The molecule has 0 saturated carbocycles. The maximum atomic E-state index is 10.8. The first kappa shape index (κ1) is 15.4. The Morgan fingerprint density at radius 2 is 1.95 bits per heavy atom. The fourth-order valence-corrected chi connectivity index (χ4v) is 2.94. The maximum absolute atomic E-state index is 10.8. The number of hydrogen-bond acceptors (Lipinski definition) is 4. The zero-order valence-corrected chi connectivity index (χ0v) is 12.3. The molecule has 3 N–H and O–H groups in total. The molecule has 1 aromatic carbocycles. The molecule has 0 aromatic heterocycles. The molecule has 1 fully saturated rings. The highest BCUT2D eigenvalue weighted by Crippen LogP contribution is 2.24. The van der Waals surface area contributed by atoms with Crippen LogP contribution in [0.15, 0.2) is 30.3 Å². The first-order valence-electron chi connectivity index (χ1n) is 7.37. The minimum Gasteiger partial charge on any atom is -0.384 e. The highest BCUT2D eigenvalue weighted by atomic mass is 16.5. The molecule has 1 heterocycles. The van der Waals surface area contributed by atoms with Crippen LogP contribution in [0.3, 0.4) is 0 Å². The molecule has 2 rings (SSSR count). The van der Waals surface area contributed by atoms with Crippen LogP contribution in [0, 0.1) is 5.92 Å². The van der Waals surface area contributed by atoms with Crippen molar-refractivity contribution in [2.75, 3.05) is 39.9 Å². The molecule has 0 amide bonds. The summed E-state index contributed by atoms with van der Waals surface area (Å²) in [7, 11) is 1.76. The topological polar surface area (TPSA) is 58.7 Å². The van der Waals surface area contributed by atoms with Crippen LogP contribution < -0.4 is 5.73 Å². The minimum absolute atomic E-state index is 0.245. The summed E-state index contributed by atoms with van der Waals surface area (Å²) in [6, 6.07) is 9.74. The second-order valence-corrected chi connectivity index (χ2v) is 5.78. The van der Waals surface area contributed by atoms with Gasteiger partial charge in [-0.15, -0.1) is 0 Å². The fraction of sp³-hybridized carbons (Fsp3) is 0.625. The van der Waals surface area contributed by atoms with E-state index in [1.807, 2.05) is 30.3 Å². The van der Waals surface area contributed by atoms with E-state index in [1.54, 1.807) is 7.11 Å². The number of ether oxygens (including phenoxy) is 1. The Kier molecular flexibility index (Phi) is 5.54. The molecular weight excluding hydrogens is 252 g/mol. The molecule has 0 aliphatic carbocycles. The smallest absolute Gasteiger partial charge is 0.114 e. The van der Waals surface area contributed by atoms with E-state index in [1.165, 1.54) is 0 Å². The third kappa shape index (κ3) is 3.79. The zero-order chi connectivity index (χ0) is 14.4. The average molecular weight is 278 g/mol. The minimum atomic E-state index is -0.949. The largest absolute Gasteiger partial charge is 0.384 e. The van der Waals surface area contributed by atoms with Gasteiger partial charge in [0.05, 0.1) is 0 Å². The Morgan fingerprint density at radius 1 is 1.30 bits per heavy atom. The quantitative estimate of drug-likeness (QED) is 0.821. The molecule has 1 aliphatic heterocycles. The van der Waals surface area contributed by atoms with Crippen molar-refractivity contribution >= 4 is 0 Å². The number of methoxy groups -OCH3 is 1. The van der Waals surface area contributed by atoms with Crippen LogP contribution in [0.4, 0.5) is 0 Å². The Morgan fingerprint density at radius 3 is 2.50 bits per heavy atom. The lowest BCUT2D eigenvalue weighted by molar-refractivity contribution is -0.00681. The van der Waals surface area contributed by atoms with Crippen molar-refractivity contribution < 1.29 is 9.84 Å². The summed E-state index contributed by atoms with van der Waals surface area (Å²) in [5.74, 6) is 0.652. The number of nitrogens with two attached hydrogens (primary N) is 1. The predicted molar refractivity (Wildman–Crippen MR) is 80.4 cm³/mol. The number of β-amino-alcohol motifs (C(OH)–C–C–N with tert-alkyl or cyclic N) is 1. The summed E-state index contributed by atoms with van der Waals surface area (Å²) in [5, 5.41) is 10.8. The van der Waals surface area contributed by atoms with Crippen molar-refractivity contribution in [3.63, 3.8) is 0 Å². The van der Waals surface area contributed by atoms with Crippen molar-refractivity contribution in [3.05, 3.63) is 35.9 Å². The van der Waals surface area contributed by atoms with Crippen molar-refractivity contribution in [1.82, 2.24) is 4.90 Å². The van der Waals surface area contributed by atoms with Crippen molar-refractivity contribution in [3.8, 4) is 0 Å². The van der Waals surface area contributed by atoms with E-state index < -0.39 is 5.60 Å². The van der Waals surface area contributed by atoms with E-state index in [0.717, 1.165) is 38.1 Å². The summed E-state index contributed by atoms with van der Waals surface area (Å²) in [6.45, 7) is 3.70. The lowest BCUT2D eigenvalue weighted by atomic mass is 9.91. The summed E-state index contributed by atoms with van der Waals surface area (Å²) < 4.78 is 5.22. The first-order chi connectivity index (χ1) is 9.68. The van der Waals surface area contributed by atoms with E-state index in [-0.39, 0.29) is 6.54 Å². The number of aliphatic hydroxyl groups is 1. The van der Waals surface area contributed by atoms with Gasteiger partial charge in [0.2, 0.25) is 0 Å². The molecule has 1 unspecified atom stereocenters. The Hall–Kier alpha value is -0.940. The SMILES string of the molecule is COCC1CCN(CC(O)(CN)c2ccccc2)CC1. The molecule has 0 spiro atoms. The molecule has 112 valence electrons. The molecule has 1 aliphatic rings. The molecule has 1 aromatic rings. The predicted octanol–water partition coefficient (Wildman–Crippen LogP) is 1.19. The normalized spacial score (nSPS) is 20.8. The van der Waals surface area contributed by atoms with Crippen molar-refractivity contribution in [1.29, 1.82) is 0 Å². The lowest BCUT2D eigenvalue weighted by Crippen LogP contribution is -2.48. The second kappa shape index (κ2) is 7.18. The van der Waals surface area contributed by atoms with Crippen LogP contribution in [0.5, 0.6) is 0 Å². The van der Waals surface area contributed by atoms with Gasteiger partial charge in [-0.2, -0.15) is 0 Å². The second-order valence-electron chi connectivity index (χ2n) is 5.78. The molecule has 0 radical (unpaired) electrons. The lowest BCUT2D eigenvalue weighted by Gasteiger charge is -2.37. The number of rotatable bonds is 6. The summed E-state index contributed by atoms with van der Waals surface area (Å²) in [4.78, 5) is 2.31. The summed E-state index contributed by atoms with van der Waals surface area (Å²) >= 11 is 0. The van der Waals surface area contributed by atoms with Gasteiger partial charge >= 0.3 is 0 Å². The zero-order valence-electron chi connectivity index (χ0n) is 12.3. The standard InChI is InChI=1S/C16H26N2O2/c1-20-11-14-7-9-18(10-8-14)13-16(19,12-17)15-5-3-2-4-6-15/h2-6,14,19H,7-13,17H2,1H3. The van der Waals surface area contributed by atoms with Crippen LogP contribution in [-0.2, 0) is 10.3 Å². The van der Waals surface area contributed by atoms with Gasteiger partial charge in [0.1, 0.15) is 5.60 Å². The number of likely N-dealkylation sites (tertiary alicyclic amines) is 1. The molecule has 0 bridgehead atoms. The summed E-state index contributed by atoms with van der Waals surface area (Å²) in [5.41, 5.74) is 5.79. The number of nitrogens with zero attached hydrogens (tertiary/aromatic N) is 1. The third-order valence-electron chi connectivity index (χ3n) is 4.24. The number of piperidine rings is 1. The maximum Gasteiger partial charge on any atom is 0.114 e.